The van der Waals surface area contributed by atoms with E-state index in [2.05, 4.69) is 15.0 Å². The standard InChI is InChI=1S/C16H24N4O4S.ClH/c1-24-12-16(4-6-17-7-5-16)11-18-15(21)13-2-3-14-19-25(22,23)9-8-20(14)10-13;/h2-3,10,17H,4-9,11-12H2,1H3,(H,18,21);1H. The van der Waals surface area contributed by atoms with Crippen molar-refractivity contribution in [3.63, 3.8) is 0 Å². The number of rotatable bonds is 5. The Morgan fingerprint density at radius 3 is 2.81 bits per heavy atom. The summed E-state index contributed by atoms with van der Waals surface area (Å²) in [6.07, 6.45) is 6.75. The second kappa shape index (κ2) is 8.51. The summed E-state index contributed by atoms with van der Waals surface area (Å²) < 4.78 is 32.1. The van der Waals surface area contributed by atoms with Crippen LogP contribution in [0.4, 0.5) is 0 Å². The SMILES string of the molecule is COCC1(CNC(=O)C2=CN3CCS(=O)(=O)N=C3C=C2)CCNCC1.Cl. The van der Waals surface area contributed by atoms with E-state index < -0.39 is 10.0 Å². The zero-order valence-corrected chi connectivity index (χ0v) is 16.4. The smallest absolute Gasteiger partial charge is 0.256 e. The highest BCUT2D eigenvalue weighted by Gasteiger charge is 2.33. The van der Waals surface area contributed by atoms with Gasteiger partial charge in [0.15, 0.2) is 0 Å². The van der Waals surface area contributed by atoms with Gasteiger partial charge in [0.25, 0.3) is 15.9 Å². The summed E-state index contributed by atoms with van der Waals surface area (Å²) >= 11 is 0. The van der Waals surface area contributed by atoms with Crippen LogP contribution in [-0.2, 0) is 19.6 Å². The van der Waals surface area contributed by atoms with E-state index in [1.807, 2.05) is 0 Å². The van der Waals surface area contributed by atoms with E-state index in [1.54, 1.807) is 30.4 Å². The molecular weight excluding hydrogens is 380 g/mol. The van der Waals surface area contributed by atoms with E-state index in [1.165, 1.54) is 0 Å². The maximum atomic E-state index is 12.5. The Labute approximate surface area is 160 Å². The van der Waals surface area contributed by atoms with Crippen molar-refractivity contribution in [2.45, 2.75) is 12.8 Å². The van der Waals surface area contributed by atoms with Crippen LogP contribution >= 0.6 is 12.4 Å². The third kappa shape index (κ3) is 4.85. The van der Waals surface area contributed by atoms with Crippen LogP contribution in [0.25, 0.3) is 0 Å². The molecule has 0 aromatic rings. The second-order valence-electron chi connectivity index (χ2n) is 6.71. The average molecular weight is 405 g/mol. The molecule has 0 aliphatic carbocycles. The fraction of sp³-hybridized carbons (Fsp3) is 0.625. The number of amidine groups is 1. The number of carbonyl (C=O) groups excluding carboxylic acids is 1. The Hall–Kier alpha value is -1.42. The van der Waals surface area contributed by atoms with Gasteiger partial charge in [-0.25, -0.2) is 8.42 Å². The molecule has 2 N–H and O–H groups in total. The molecule has 3 aliphatic rings. The van der Waals surface area contributed by atoms with Crippen LogP contribution in [0.5, 0.6) is 0 Å². The molecule has 0 aromatic heterocycles. The van der Waals surface area contributed by atoms with Crippen molar-refractivity contribution in [3.8, 4) is 0 Å². The molecule has 0 saturated carbocycles. The summed E-state index contributed by atoms with van der Waals surface area (Å²) in [7, 11) is -1.70. The number of nitrogens with zero attached hydrogens (tertiary/aromatic N) is 2. The van der Waals surface area contributed by atoms with Gasteiger partial charge in [-0.05, 0) is 38.1 Å². The number of hydrogen-bond donors (Lipinski definition) is 2. The third-order valence-corrected chi connectivity index (χ3v) is 5.99. The van der Waals surface area contributed by atoms with Gasteiger partial charge < -0.3 is 20.3 Å². The first kappa shape index (κ1) is 20.9. The van der Waals surface area contributed by atoms with Crippen molar-refractivity contribution in [1.82, 2.24) is 15.5 Å². The molecule has 0 aromatic carbocycles. The zero-order valence-electron chi connectivity index (χ0n) is 14.7. The van der Waals surface area contributed by atoms with E-state index in [0.29, 0.717) is 31.1 Å². The van der Waals surface area contributed by atoms with Crippen LogP contribution in [0.1, 0.15) is 12.8 Å². The molecule has 3 heterocycles. The van der Waals surface area contributed by atoms with Gasteiger partial charge in [-0.15, -0.1) is 16.8 Å². The number of sulfonamides is 1. The van der Waals surface area contributed by atoms with Gasteiger partial charge in [-0.2, -0.15) is 0 Å². The van der Waals surface area contributed by atoms with Crippen molar-refractivity contribution in [2.24, 2.45) is 9.81 Å². The maximum Gasteiger partial charge on any atom is 0.256 e. The predicted molar refractivity (Wildman–Crippen MR) is 102 cm³/mol. The maximum absolute atomic E-state index is 12.5. The van der Waals surface area contributed by atoms with E-state index in [4.69, 9.17) is 4.74 Å². The first-order valence-corrected chi connectivity index (χ1v) is 10.0. The lowest BCUT2D eigenvalue weighted by Crippen LogP contribution is -2.47. The van der Waals surface area contributed by atoms with Gasteiger partial charge in [0.2, 0.25) is 0 Å². The second-order valence-corrected chi connectivity index (χ2v) is 8.47. The number of carbonyl (C=O) groups is 1. The van der Waals surface area contributed by atoms with E-state index in [0.717, 1.165) is 25.9 Å². The zero-order chi connectivity index (χ0) is 17.9. The minimum Gasteiger partial charge on any atom is -0.384 e. The average Bonchev–Trinajstić information content (AvgIpc) is 2.60. The summed E-state index contributed by atoms with van der Waals surface area (Å²) in [5, 5.41) is 6.34. The van der Waals surface area contributed by atoms with Crippen molar-refractivity contribution >= 4 is 34.2 Å². The fourth-order valence-corrected chi connectivity index (χ4v) is 4.31. The minimum atomic E-state index is -3.38. The van der Waals surface area contributed by atoms with Crippen LogP contribution in [-0.4, -0.2) is 70.7 Å². The van der Waals surface area contributed by atoms with Crippen LogP contribution in [0.15, 0.2) is 28.3 Å². The van der Waals surface area contributed by atoms with Gasteiger partial charge in [0.1, 0.15) is 5.84 Å². The first-order chi connectivity index (χ1) is 11.9. The Bertz CT molecular complexity index is 721. The predicted octanol–water partition coefficient (Wildman–Crippen LogP) is 0.0382. The van der Waals surface area contributed by atoms with Crippen molar-refractivity contribution in [2.75, 3.05) is 45.6 Å². The van der Waals surface area contributed by atoms with Crippen molar-refractivity contribution < 1.29 is 17.9 Å². The molecule has 10 heteroatoms. The quantitative estimate of drug-likeness (QED) is 0.671. The van der Waals surface area contributed by atoms with Crippen LogP contribution in [0, 0.1) is 5.41 Å². The summed E-state index contributed by atoms with van der Waals surface area (Å²) in [6, 6.07) is 0. The monoisotopic (exact) mass is 404 g/mol. The van der Waals surface area contributed by atoms with E-state index in [-0.39, 0.29) is 29.5 Å². The first-order valence-electron chi connectivity index (χ1n) is 8.40. The Kier molecular flexibility index (Phi) is 6.84. The minimum absolute atomic E-state index is 0. The molecule has 0 atom stereocenters. The number of methoxy groups -OCH3 is 1. The van der Waals surface area contributed by atoms with Gasteiger partial charge >= 0.3 is 0 Å². The van der Waals surface area contributed by atoms with E-state index >= 15 is 0 Å². The molecule has 146 valence electrons. The molecule has 1 amide bonds. The molecule has 8 nitrogen and oxygen atoms in total. The van der Waals surface area contributed by atoms with Gasteiger partial charge in [0.05, 0.1) is 17.9 Å². The lowest BCUT2D eigenvalue weighted by atomic mass is 9.79. The van der Waals surface area contributed by atoms with Crippen LogP contribution in [0.2, 0.25) is 0 Å². The van der Waals surface area contributed by atoms with Gasteiger partial charge in [-0.1, -0.05) is 0 Å². The van der Waals surface area contributed by atoms with Crippen molar-refractivity contribution in [1.29, 1.82) is 0 Å². The van der Waals surface area contributed by atoms with E-state index in [9.17, 15) is 13.2 Å². The fourth-order valence-electron chi connectivity index (χ4n) is 3.34. The number of amides is 1. The molecule has 0 bridgehead atoms. The molecule has 3 rings (SSSR count). The normalized spacial score (nSPS) is 23.2. The number of halogens is 1. The summed E-state index contributed by atoms with van der Waals surface area (Å²) in [5.41, 5.74) is 0.459. The topological polar surface area (TPSA) is 100 Å². The number of hydrogen-bond acceptors (Lipinski definition) is 6. The van der Waals surface area contributed by atoms with Crippen molar-refractivity contribution in [3.05, 3.63) is 23.9 Å². The Morgan fingerprint density at radius 1 is 1.38 bits per heavy atom. The van der Waals surface area contributed by atoms with Crippen LogP contribution < -0.4 is 10.6 Å². The highest BCUT2D eigenvalue weighted by Crippen LogP contribution is 2.28. The molecule has 1 saturated heterocycles. The Morgan fingerprint density at radius 2 is 2.12 bits per heavy atom. The number of ether oxygens (including phenoxy) is 1. The molecule has 0 radical (unpaired) electrons. The number of fused-ring (bicyclic) bond motifs is 1. The molecule has 0 unspecified atom stereocenters. The highest BCUT2D eigenvalue weighted by molar-refractivity contribution is 7.90. The third-order valence-electron chi connectivity index (χ3n) is 4.82. The highest BCUT2D eigenvalue weighted by atomic mass is 35.5. The Balaban J connectivity index is 0.00000243. The summed E-state index contributed by atoms with van der Waals surface area (Å²) in [5.74, 6) is 0.148. The molecule has 26 heavy (non-hydrogen) atoms. The lowest BCUT2D eigenvalue weighted by Gasteiger charge is -2.37. The molecular formula is C16H25ClN4O4S. The molecule has 0 spiro atoms. The summed E-state index contributed by atoms with van der Waals surface area (Å²) in [4.78, 5) is 14.2. The molecule has 3 aliphatic heterocycles. The lowest BCUT2D eigenvalue weighted by molar-refractivity contribution is -0.118. The number of nitrogens with one attached hydrogen (secondary N) is 2. The van der Waals surface area contributed by atoms with Gasteiger partial charge in [-0.3, -0.25) is 4.79 Å². The number of piperidine rings is 1. The molecule has 1 fully saturated rings. The largest absolute Gasteiger partial charge is 0.384 e. The van der Waals surface area contributed by atoms with Gasteiger partial charge in [0, 0.05) is 31.8 Å². The van der Waals surface area contributed by atoms with Crippen LogP contribution in [0.3, 0.4) is 0 Å². The summed E-state index contributed by atoms with van der Waals surface area (Å²) in [6.45, 7) is 3.32.